The molecule has 0 aliphatic carbocycles. The number of aryl methyl sites for hydroxylation is 1. The van der Waals surface area contributed by atoms with Gasteiger partial charge in [-0.15, -0.1) is 0 Å². The summed E-state index contributed by atoms with van der Waals surface area (Å²) in [6.07, 6.45) is 1.67. The zero-order chi connectivity index (χ0) is 17.2. The zero-order valence-corrected chi connectivity index (χ0v) is 14.5. The van der Waals surface area contributed by atoms with Crippen molar-refractivity contribution >= 4 is 10.8 Å². The number of pyridine rings is 1. The van der Waals surface area contributed by atoms with Gasteiger partial charge < -0.3 is 10.5 Å². The van der Waals surface area contributed by atoms with Crippen molar-refractivity contribution in [1.29, 1.82) is 0 Å². The third-order valence-electron chi connectivity index (χ3n) is 5.00. The molecule has 1 aliphatic heterocycles. The fourth-order valence-electron chi connectivity index (χ4n) is 3.53. The SMILES string of the molecule is Cc1cccc2c[n+]([O-])c(-c3ccc(CN4CCNCC4)cc3)cc12. The van der Waals surface area contributed by atoms with Gasteiger partial charge in [-0.2, -0.15) is 4.73 Å². The normalized spacial score (nSPS) is 15.6. The van der Waals surface area contributed by atoms with Crippen molar-refractivity contribution in [2.75, 3.05) is 26.2 Å². The van der Waals surface area contributed by atoms with Crippen LogP contribution in [0.1, 0.15) is 11.1 Å². The molecule has 0 atom stereocenters. The van der Waals surface area contributed by atoms with Crippen molar-refractivity contribution in [3.8, 4) is 11.3 Å². The Kier molecular flexibility index (Phi) is 4.38. The molecule has 128 valence electrons. The molecule has 2 aromatic carbocycles. The van der Waals surface area contributed by atoms with Gasteiger partial charge in [0.25, 0.3) is 0 Å². The Bertz CT molecular complexity index is 884. The summed E-state index contributed by atoms with van der Waals surface area (Å²) >= 11 is 0. The molecule has 0 bridgehead atoms. The van der Waals surface area contributed by atoms with Crippen LogP contribution >= 0.6 is 0 Å². The van der Waals surface area contributed by atoms with E-state index in [-0.39, 0.29) is 0 Å². The van der Waals surface area contributed by atoms with E-state index in [1.54, 1.807) is 6.20 Å². The number of nitrogens with zero attached hydrogens (tertiary/aromatic N) is 2. The van der Waals surface area contributed by atoms with E-state index in [0.717, 1.165) is 53.8 Å². The van der Waals surface area contributed by atoms with Crippen molar-refractivity contribution in [2.45, 2.75) is 13.5 Å². The summed E-state index contributed by atoms with van der Waals surface area (Å²) in [7, 11) is 0. The van der Waals surface area contributed by atoms with Crippen molar-refractivity contribution < 1.29 is 4.73 Å². The van der Waals surface area contributed by atoms with Crippen LogP contribution in [0.4, 0.5) is 0 Å². The van der Waals surface area contributed by atoms with Gasteiger partial charge in [-0.25, -0.2) is 0 Å². The van der Waals surface area contributed by atoms with Gasteiger partial charge in [-0.3, -0.25) is 4.90 Å². The lowest BCUT2D eigenvalue weighted by Crippen LogP contribution is -2.42. The molecule has 25 heavy (non-hydrogen) atoms. The first kappa shape index (κ1) is 16.1. The molecule has 0 amide bonds. The minimum Gasteiger partial charge on any atom is -0.618 e. The Balaban J connectivity index is 1.62. The molecule has 4 rings (SSSR count). The average Bonchev–Trinajstić information content (AvgIpc) is 2.63. The summed E-state index contributed by atoms with van der Waals surface area (Å²) in [6, 6.07) is 16.5. The lowest BCUT2D eigenvalue weighted by Gasteiger charge is -2.27. The number of hydrogen-bond donors (Lipinski definition) is 1. The van der Waals surface area contributed by atoms with Crippen LogP contribution in [0, 0.1) is 12.1 Å². The molecule has 0 spiro atoms. The number of fused-ring (bicyclic) bond motifs is 1. The van der Waals surface area contributed by atoms with E-state index in [4.69, 9.17) is 0 Å². The third kappa shape index (κ3) is 3.36. The summed E-state index contributed by atoms with van der Waals surface area (Å²) in [6.45, 7) is 7.35. The molecule has 2 heterocycles. The van der Waals surface area contributed by atoms with Crippen LogP contribution in [0.25, 0.3) is 22.0 Å². The van der Waals surface area contributed by atoms with E-state index < -0.39 is 0 Å². The first-order valence-corrected chi connectivity index (χ1v) is 8.86. The lowest BCUT2D eigenvalue weighted by molar-refractivity contribution is -0.592. The predicted octanol–water partition coefficient (Wildman–Crippen LogP) is 2.85. The van der Waals surface area contributed by atoms with E-state index in [0.29, 0.717) is 5.69 Å². The zero-order valence-electron chi connectivity index (χ0n) is 14.5. The van der Waals surface area contributed by atoms with Gasteiger partial charge in [0.15, 0.2) is 6.20 Å². The molecule has 4 nitrogen and oxygen atoms in total. The first-order valence-electron chi connectivity index (χ1n) is 8.86. The number of hydrogen-bond acceptors (Lipinski definition) is 3. The second kappa shape index (κ2) is 6.82. The number of rotatable bonds is 3. The molecule has 4 heteroatoms. The number of piperazine rings is 1. The highest BCUT2D eigenvalue weighted by Gasteiger charge is 2.13. The smallest absolute Gasteiger partial charge is 0.224 e. The fourth-order valence-corrected chi connectivity index (χ4v) is 3.53. The molecule has 1 aliphatic rings. The van der Waals surface area contributed by atoms with E-state index in [2.05, 4.69) is 47.5 Å². The molecular formula is C21H23N3O. The van der Waals surface area contributed by atoms with Gasteiger partial charge in [-0.1, -0.05) is 24.3 Å². The minimum absolute atomic E-state index is 0.704. The molecule has 1 fully saturated rings. The highest BCUT2D eigenvalue weighted by atomic mass is 16.5. The maximum atomic E-state index is 12.4. The molecule has 1 saturated heterocycles. The van der Waals surface area contributed by atoms with Crippen LogP contribution < -0.4 is 10.0 Å². The maximum absolute atomic E-state index is 12.4. The summed E-state index contributed by atoms with van der Waals surface area (Å²) in [4.78, 5) is 2.46. The van der Waals surface area contributed by atoms with Gasteiger partial charge in [0.05, 0.1) is 0 Å². The topological polar surface area (TPSA) is 42.2 Å². The van der Waals surface area contributed by atoms with Crippen LogP contribution in [0.2, 0.25) is 0 Å². The Hall–Kier alpha value is -2.43. The van der Waals surface area contributed by atoms with E-state index in [1.165, 1.54) is 11.1 Å². The van der Waals surface area contributed by atoms with Gasteiger partial charge in [0.2, 0.25) is 5.69 Å². The van der Waals surface area contributed by atoms with Crippen LogP contribution in [0.5, 0.6) is 0 Å². The first-order chi connectivity index (χ1) is 12.2. The molecule has 1 N–H and O–H groups in total. The van der Waals surface area contributed by atoms with Crippen LogP contribution in [0.3, 0.4) is 0 Å². The Labute approximate surface area is 148 Å². The van der Waals surface area contributed by atoms with Crippen LogP contribution in [-0.4, -0.2) is 31.1 Å². The summed E-state index contributed by atoms with van der Waals surface area (Å²) in [5.74, 6) is 0. The Morgan fingerprint density at radius 2 is 1.84 bits per heavy atom. The molecule has 1 aromatic heterocycles. The van der Waals surface area contributed by atoms with E-state index in [1.807, 2.05) is 18.2 Å². The second-order valence-corrected chi connectivity index (χ2v) is 6.79. The second-order valence-electron chi connectivity index (χ2n) is 6.79. The lowest BCUT2D eigenvalue weighted by atomic mass is 10.0. The maximum Gasteiger partial charge on any atom is 0.224 e. The third-order valence-corrected chi connectivity index (χ3v) is 5.00. The largest absolute Gasteiger partial charge is 0.618 e. The van der Waals surface area contributed by atoms with E-state index in [9.17, 15) is 5.21 Å². The van der Waals surface area contributed by atoms with Crippen molar-refractivity contribution in [1.82, 2.24) is 10.2 Å². The minimum atomic E-state index is 0.704. The summed E-state index contributed by atoms with van der Waals surface area (Å²) in [5.41, 5.74) is 4.15. The molecule has 0 radical (unpaired) electrons. The highest BCUT2D eigenvalue weighted by Crippen LogP contribution is 2.23. The average molecular weight is 333 g/mol. The number of aromatic nitrogens is 1. The van der Waals surface area contributed by atoms with Crippen LogP contribution in [0.15, 0.2) is 54.7 Å². The molecule has 0 saturated carbocycles. The Morgan fingerprint density at radius 1 is 1.08 bits per heavy atom. The number of nitrogens with one attached hydrogen (secondary N) is 1. The van der Waals surface area contributed by atoms with Crippen LogP contribution in [-0.2, 0) is 6.54 Å². The standard InChI is InChI=1S/C21H23N3O/c1-16-3-2-4-19-15-24(25)21(13-20(16)19)18-7-5-17(6-8-18)14-23-11-9-22-10-12-23/h2-8,13,15,22H,9-12,14H2,1H3. The summed E-state index contributed by atoms with van der Waals surface area (Å²) < 4.78 is 0.979. The molecular weight excluding hydrogens is 310 g/mol. The number of benzene rings is 2. The van der Waals surface area contributed by atoms with Crippen molar-refractivity contribution in [3.63, 3.8) is 0 Å². The Morgan fingerprint density at radius 3 is 2.60 bits per heavy atom. The van der Waals surface area contributed by atoms with Gasteiger partial charge in [-0.05, 0) is 41.6 Å². The summed E-state index contributed by atoms with van der Waals surface area (Å²) in [5, 5.41) is 17.9. The van der Waals surface area contributed by atoms with Crippen molar-refractivity contribution in [3.05, 3.63) is 71.1 Å². The van der Waals surface area contributed by atoms with E-state index >= 15 is 0 Å². The highest BCUT2D eigenvalue weighted by molar-refractivity contribution is 5.86. The molecule has 0 unspecified atom stereocenters. The van der Waals surface area contributed by atoms with Gasteiger partial charge in [0.1, 0.15) is 0 Å². The fraction of sp³-hybridized carbons (Fsp3) is 0.286. The quantitative estimate of drug-likeness (QED) is 0.592. The molecule has 3 aromatic rings. The predicted molar refractivity (Wildman–Crippen MR) is 101 cm³/mol. The van der Waals surface area contributed by atoms with Crippen molar-refractivity contribution in [2.24, 2.45) is 0 Å². The monoisotopic (exact) mass is 333 g/mol. The van der Waals surface area contributed by atoms with Gasteiger partial charge in [0, 0.05) is 49.7 Å². The van der Waals surface area contributed by atoms with Gasteiger partial charge >= 0.3 is 0 Å².